The summed E-state index contributed by atoms with van der Waals surface area (Å²) in [5, 5.41) is 5.54. The van der Waals surface area contributed by atoms with Crippen LogP contribution in [0, 0.1) is 5.92 Å². The average Bonchev–Trinajstić information content (AvgIpc) is 3.04. The van der Waals surface area contributed by atoms with Gasteiger partial charge in [-0.05, 0) is 11.5 Å². The Morgan fingerprint density at radius 2 is 2.04 bits per heavy atom. The number of hydrogen-bond donors (Lipinski definition) is 1. The number of quaternary nitrogens is 1. The summed E-state index contributed by atoms with van der Waals surface area (Å²) in [5.74, 6) is 1.33. The molecule has 6 heteroatoms. The molecule has 2 aromatic rings. The number of amidine groups is 1. The third-order valence-corrected chi connectivity index (χ3v) is 6.11. The predicted octanol–water partition coefficient (Wildman–Crippen LogP) is 2.57. The molecular formula is C19H23N4O2+. The third-order valence-electron chi connectivity index (χ3n) is 6.11. The van der Waals surface area contributed by atoms with Crippen molar-refractivity contribution in [3.05, 3.63) is 36.5 Å². The standard InChI is InChI=1S/C19H23N4O2/c1-24-23-8-6-16(7-9-23)19(13-23)12-21-18(25-19)22-17-10-14-4-2-3-5-15(14)11-20-17/h2-5,10-11,16H,6-9,12-13H2,1H3,(H,20,21,22)/q+1/t16?,19-,23?/m0/s1. The van der Waals surface area contributed by atoms with Gasteiger partial charge in [0.15, 0.2) is 12.1 Å². The molecule has 3 fully saturated rings. The summed E-state index contributed by atoms with van der Waals surface area (Å²) in [4.78, 5) is 15.0. The van der Waals surface area contributed by atoms with Crippen molar-refractivity contribution >= 4 is 22.6 Å². The van der Waals surface area contributed by atoms with Gasteiger partial charge in [0.05, 0.1) is 13.7 Å². The molecule has 4 aliphatic heterocycles. The predicted molar refractivity (Wildman–Crippen MR) is 96.1 cm³/mol. The largest absolute Gasteiger partial charge is 0.450 e. The molecule has 0 aliphatic carbocycles. The van der Waals surface area contributed by atoms with E-state index in [1.165, 1.54) is 0 Å². The van der Waals surface area contributed by atoms with Gasteiger partial charge < -0.3 is 4.74 Å². The number of aromatic nitrogens is 1. The number of piperidine rings is 3. The van der Waals surface area contributed by atoms with Crippen molar-refractivity contribution in [1.82, 2.24) is 4.98 Å². The molecule has 25 heavy (non-hydrogen) atoms. The van der Waals surface area contributed by atoms with E-state index < -0.39 is 0 Å². The number of aliphatic imine (C=N–C) groups is 1. The topological polar surface area (TPSA) is 55.7 Å². The molecule has 1 N–H and O–H groups in total. The fourth-order valence-electron chi connectivity index (χ4n) is 4.67. The molecule has 5 heterocycles. The quantitative estimate of drug-likeness (QED) is 0.855. The summed E-state index contributed by atoms with van der Waals surface area (Å²) in [6.07, 6.45) is 4.16. The van der Waals surface area contributed by atoms with Crippen molar-refractivity contribution in [2.45, 2.75) is 18.4 Å². The van der Waals surface area contributed by atoms with Crippen LogP contribution in [0.2, 0.25) is 0 Å². The number of anilines is 1. The monoisotopic (exact) mass is 339 g/mol. The Balaban J connectivity index is 1.35. The highest BCUT2D eigenvalue weighted by Crippen LogP contribution is 2.44. The maximum atomic E-state index is 6.37. The van der Waals surface area contributed by atoms with Crippen LogP contribution >= 0.6 is 0 Å². The lowest BCUT2D eigenvalue weighted by Crippen LogP contribution is -2.69. The number of nitrogens with zero attached hydrogens (tertiary/aromatic N) is 3. The highest BCUT2D eigenvalue weighted by Gasteiger charge is 2.60. The second kappa shape index (κ2) is 5.41. The Hall–Kier alpha value is -2.18. The van der Waals surface area contributed by atoms with Crippen LogP contribution < -0.4 is 5.32 Å². The number of fused-ring (bicyclic) bond motifs is 3. The van der Waals surface area contributed by atoms with Crippen molar-refractivity contribution < 1.29 is 14.2 Å². The van der Waals surface area contributed by atoms with Gasteiger partial charge in [0.25, 0.3) is 6.02 Å². The second-order valence-corrected chi connectivity index (χ2v) is 7.45. The van der Waals surface area contributed by atoms with Crippen LogP contribution in [-0.2, 0) is 9.57 Å². The van der Waals surface area contributed by atoms with E-state index in [-0.39, 0.29) is 5.60 Å². The van der Waals surface area contributed by atoms with E-state index in [0.29, 0.717) is 23.1 Å². The number of ether oxygens (including phenoxy) is 1. The van der Waals surface area contributed by atoms with Crippen LogP contribution in [0.3, 0.4) is 0 Å². The van der Waals surface area contributed by atoms with Crippen LogP contribution in [0.5, 0.6) is 0 Å². The smallest absolute Gasteiger partial charge is 0.291 e. The molecule has 0 unspecified atom stereocenters. The van der Waals surface area contributed by atoms with Gasteiger partial charge >= 0.3 is 0 Å². The van der Waals surface area contributed by atoms with Crippen molar-refractivity contribution in [2.75, 3.05) is 38.6 Å². The van der Waals surface area contributed by atoms with E-state index in [1.54, 1.807) is 0 Å². The van der Waals surface area contributed by atoms with Crippen LogP contribution in [0.25, 0.3) is 10.8 Å². The Kier molecular flexibility index (Phi) is 3.27. The number of pyridine rings is 1. The van der Waals surface area contributed by atoms with Gasteiger partial charge in [-0.25, -0.2) is 14.8 Å². The second-order valence-electron chi connectivity index (χ2n) is 7.45. The molecule has 0 radical (unpaired) electrons. The first-order valence-electron chi connectivity index (χ1n) is 8.98. The lowest BCUT2D eigenvalue weighted by molar-refractivity contribution is -1.12. The summed E-state index contributed by atoms with van der Waals surface area (Å²) in [6.45, 7) is 3.76. The van der Waals surface area contributed by atoms with Crippen LogP contribution in [0.1, 0.15) is 12.8 Å². The van der Waals surface area contributed by atoms with Gasteiger partial charge in [0, 0.05) is 30.3 Å². The molecule has 6 nitrogen and oxygen atoms in total. The summed E-state index contributed by atoms with van der Waals surface area (Å²) in [5.41, 5.74) is -0.217. The minimum absolute atomic E-state index is 0.217. The third kappa shape index (κ3) is 2.40. The molecule has 130 valence electrons. The van der Waals surface area contributed by atoms with Gasteiger partial charge in [-0.3, -0.25) is 5.32 Å². The van der Waals surface area contributed by atoms with E-state index in [2.05, 4.69) is 27.4 Å². The molecule has 1 aromatic carbocycles. The van der Waals surface area contributed by atoms with Gasteiger partial charge in [-0.2, -0.15) is 4.65 Å². The van der Waals surface area contributed by atoms with E-state index in [1.807, 2.05) is 31.5 Å². The molecule has 2 bridgehead atoms. The first-order valence-corrected chi connectivity index (χ1v) is 8.98. The first-order chi connectivity index (χ1) is 12.2. The Morgan fingerprint density at radius 3 is 2.84 bits per heavy atom. The maximum absolute atomic E-state index is 6.37. The lowest BCUT2D eigenvalue weighted by Gasteiger charge is -2.53. The normalized spacial score (nSPS) is 33.5. The molecule has 0 amide bonds. The molecule has 3 saturated heterocycles. The SMILES string of the molecule is CO[N+]12CCC(CC1)[C@]1(CN=C(Nc3cc4ccccc4cn3)O1)C2. The number of nitrogens with one attached hydrogen (secondary N) is 1. The molecular weight excluding hydrogens is 316 g/mol. The summed E-state index contributed by atoms with van der Waals surface area (Å²) >= 11 is 0. The number of hydrogen-bond acceptors (Lipinski definition) is 5. The van der Waals surface area contributed by atoms with E-state index in [9.17, 15) is 0 Å². The lowest BCUT2D eigenvalue weighted by atomic mass is 9.75. The Labute approximate surface area is 147 Å². The van der Waals surface area contributed by atoms with E-state index in [4.69, 9.17) is 9.57 Å². The minimum Gasteiger partial charge on any atom is -0.450 e. The molecule has 4 aliphatic rings. The van der Waals surface area contributed by atoms with E-state index in [0.717, 1.165) is 49.1 Å². The number of rotatable bonds is 2. The zero-order chi connectivity index (χ0) is 16.9. The van der Waals surface area contributed by atoms with Crippen LogP contribution in [-0.4, -0.2) is 54.5 Å². The van der Waals surface area contributed by atoms with Gasteiger partial charge in [0.2, 0.25) is 0 Å². The zero-order valence-electron chi connectivity index (χ0n) is 14.4. The van der Waals surface area contributed by atoms with E-state index >= 15 is 0 Å². The van der Waals surface area contributed by atoms with Gasteiger partial charge in [-0.1, -0.05) is 24.3 Å². The molecule has 1 spiro atoms. The Morgan fingerprint density at radius 1 is 1.24 bits per heavy atom. The molecule has 1 aromatic heterocycles. The fourth-order valence-corrected chi connectivity index (χ4v) is 4.67. The summed E-state index contributed by atoms with van der Waals surface area (Å²) < 4.78 is 7.07. The van der Waals surface area contributed by atoms with Crippen molar-refractivity contribution in [1.29, 1.82) is 0 Å². The molecule has 1 atom stereocenters. The van der Waals surface area contributed by atoms with Gasteiger partial charge in [-0.15, -0.1) is 0 Å². The number of benzene rings is 1. The van der Waals surface area contributed by atoms with Crippen LogP contribution in [0.15, 0.2) is 41.5 Å². The Bertz CT molecular complexity index is 844. The van der Waals surface area contributed by atoms with Crippen molar-refractivity contribution in [2.24, 2.45) is 10.9 Å². The van der Waals surface area contributed by atoms with Gasteiger partial charge in [0.1, 0.15) is 18.9 Å². The average molecular weight is 339 g/mol. The highest BCUT2D eigenvalue weighted by molar-refractivity contribution is 5.92. The summed E-state index contributed by atoms with van der Waals surface area (Å²) in [6, 6.07) is 10.8. The zero-order valence-corrected chi connectivity index (χ0v) is 14.4. The maximum Gasteiger partial charge on any atom is 0.291 e. The minimum atomic E-state index is -0.217. The molecule has 6 rings (SSSR count). The first kappa shape index (κ1) is 15.1. The van der Waals surface area contributed by atoms with Crippen molar-refractivity contribution in [3.63, 3.8) is 0 Å². The fraction of sp³-hybridized carbons (Fsp3) is 0.474. The highest BCUT2D eigenvalue weighted by atomic mass is 16.7. The summed E-state index contributed by atoms with van der Waals surface area (Å²) in [7, 11) is 1.81. The number of hydroxylamine groups is 3. The van der Waals surface area contributed by atoms with Crippen LogP contribution in [0.4, 0.5) is 5.82 Å². The van der Waals surface area contributed by atoms with Crippen molar-refractivity contribution in [3.8, 4) is 0 Å². The molecule has 0 saturated carbocycles.